The van der Waals surface area contributed by atoms with Gasteiger partial charge in [0.15, 0.2) is 0 Å². The van der Waals surface area contributed by atoms with E-state index >= 15 is 0 Å². The fourth-order valence-corrected chi connectivity index (χ4v) is 5.59. The molecule has 6 nitrogen and oxygen atoms in total. The van der Waals surface area contributed by atoms with Gasteiger partial charge in [-0.25, -0.2) is 0 Å². The summed E-state index contributed by atoms with van der Waals surface area (Å²) in [5, 5.41) is 5.28. The van der Waals surface area contributed by atoms with Gasteiger partial charge in [-0.1, -0.05) is 84.4 Å². The lowest BCUT2D eigenvalue weighted by molar-refractivity contribution is -0.117. The van der Waals surface area contributed by atoms with Gasteiger partial charge in [0, 0.05) is 27.5 Å². The van der Waals surface area contributed by atoms with Gasteiger partial charge in [0.2, 0.25) is 5.91 Å². The summed E-state index contributed by atoms with van der Waals surface area (Å²) in [6, 6.07) is 42.9. The molecule has 0 aliphatic carbocycles. The second-order valence-electron chi connectivity index (χ2n) is 10.4. The van der Waals surface area contributed by atoms with E-state index in [0.29, 0.717) is 11.3 Å². The molecule has 45 heavy (non-hydrogen) atoms. The number of benzene rings is 5. The molecular weight excluding hydrogens is 579 g/mol. The maximum absolute atomic E-state index is 13.7. The summed E-state index contributed by atoms with van der Waals surface area (Å²) >= 11 is 1.44. The lowest BCUT2D eigenvalue weighted by Crippen LogP contribution is -2.32. The first-order chi connectivity index (χ1) is 21.9. The number of thioether (sulfide) groups is 1. The monoisotopic (exact) mass is 611 g/mol. The Kier molecular flexibility index (Phi) is 10.2. The highest BCUT2D eigenvalue weighted by Gasteiger charge is 2.24. The van der Waals surface area contributed by atoms with Crippen LogP contribution < -0.4 is 15.5 Å². The summed E-state index contributed by atoms with van der Waals surface area (Å²) in [6.07, 6.45) is 1.66. The third-order valence-corrected chi connectivity index (χ3v) is 8.00. The van der Waals surface area contributed by atoms with Crippen molar-refractivity contribution in [3.63, 3.8) is 0 Å². The molecule has 0 saturated heterocycles. The average molecular weight is 612 g/mol. The van der Waals surface area contributed by atoms with E-state index in [1.807, 2.05) is 117 Å². The number of nitrogens with one attached hydrogen (secondary N) is 2. The molecule has 0 spiro atoms. The molecule has 0 fully saturated rings. The van der Waals surface area contributed by atoms with Crippen LogP contribution in [0.1, 0.15) is 28.4 Å². The first kappa shape index (κ1) is 31.0. The minimum absolute atomic E-state index is 0.0464. The quantitative estimate of drug-likeness (QED) is 0.123. The van der Waals surface area contributed by atoms with Gasteiger partial charge in [0.25, 0.3) is 11.8 Å². The van der Waals surface area contributed by atoms with Crippen LogP contribution in [-0.2, 0) is 9.59 Å². The van der Waals surface area contributed by atoms with Crippen molar-refractivity contribution in [1.29, 1.82) is 0 Å². The van der Waals surface area contributed by atoms with Crippen molar-refractivity contribution in [3.05, 3.63) is 162 Å². The zero-order chi connectivity index (χ0) is 31.6. The van der Waals surface area contributed by atoms with E-state index in [1.54, 1.807) is 47.4 Å². The van der Waals surface area contributed by atoms with Gasteiger partial charge in [-0.3, -0.25) is 19.3 Å². The van der Waals surface area contributed by atoms with Crippen molar-refractivity contribution in [2.24, 2.45) is 0 Å². The van der Waals surface area contributed by atoms with Gasteiger partial charge in [-0.15, -0.1) is 11.8 Å². The van der Waals surface area contributed by atoms with Crippen LogP contribution in [-0.4, -0.2) is 23.0 Å². The summed E-state index contributed by atoms with van der Waals surface area (Å²) in [5.41, 5.74) is 4.55. The lowest BCUT2D eigenvalue weighted by Gasteiger charge is -2.26. The second kappa shape index (κ2) is 14.9. The van der Waals surface area contributed by atoms with Crippen LogP contribution in [0.25, 0.3) is 6.08 Å². The molecular formula is C38H33N3O3S. The Morgan fingerprint density at radius 1 is 0.711 bits per heavy atom. The highest BCUT2D eigenvalue weighted by atomic mass is 32.2. The number of hydrogen-bond donors (Lipinski definition) is 2. The lowest BCUT2D eigenvalue weighted by atomic mass is 10.1. The number of hydrogen-bond acceptors (Lipinski definition) is 4. The van der Waals surface area contributed by atoms with Crippen LogP contribution in [0.3, 0.4) is 0 Å². The van der Waals surface area contributed by atoms with E-state index < -0.39 is 5.91 Å². The zero-order valence-corrected chi connectivity index (χ0v) is 25.8. The highest BCUT2D eigenvalue weighted by Crippen LogP contribution is 2.31. The minimum Gasteiger partial charge on any atom is -0.321 e. The standard InChI is InChI=1S/C38H33N3O3S/c1-27-13-12-14-29(25-27)26-35(40-36(42)30-15-6-3-7-16-30)37(43)39-31-21-23-34(24-22-31)45-28(2)38(44)41(32-17-8-4-9-18-32)33-19-10-5-11-20-33/h3-26,28H,1-2H3,(H,39,43)(H,40,42)/b35-26-. The number of carbonyl (C=O) groups excluding carboxylic acids is 3. The topological polar surface area (TPSA) is 78.5 Å². The Bertz CT molecular complexity index is 1750. The normalized spacial score (nSPS) is 11.7. The predicted molar refractivity (Wildman–Crippen MR) is 183 cm³/mol. The number of anilines is 3. The van der Waals surface area contributed by atoms with Gasteiger partial charge in [-0.2, -0.15) is 0 Å². The largest absolute Gasteiger partial charge is 0.321 e. The molecule has 1 unspecified atom stereocenters. The minimum atomic E-state index is -0.453. The van der Waals surface area contributed by atoms with Crippen LogP contribution in [0.2, 0.25) is 0 Å². The molecule has 3 amide bonds. The maximum Gasteiger partial charge on any atom is 0.272 e. The predicted octanol–water partition coefficient (Wildman–Crippen LogP) is 8.25. The Balaban J connectivity index is 1.29. The fraction of sp³-hybridized carbons (Fsp3) is 0.0789. The molecule has 0 aromatic heterocycles. The Morgan fingerprint density at radius 3 is 1.87 bits per heavy atom. The number of aryl methyl sites for hydroxylation is 1. The van der Waals surface area contributed by atoms with Crippen molar-refractivity contribution in [2.75, 3.05) is 10.2 Å². The summed E-state index contributed by atoms with van der Waals surface area (Å²) in [6.45, 7) is 3.86. The first-order valence-corrected chi connectivity index (χ1v) is 15.4. The molecule has 0 aliphatic rings. The number of amides is 3. The molecule has 0 saturated carbocycles. The molecule has 5 aromatic carbocycles. The van der Waals surface area contributed by atoms with Crippen LogP contribution in [0.4, 0.5) is 17.1 Å². The summed E-state index contributed by atoms with van der Waals surface area (Å²) in [4.78, 5) is 42.7. The highest BCUT2D eigenvalue weighted by molar-refractivity contribution is 8.00. The second-order valence-corrected chi connectivity index (χ2v) is 11.8. The van der Waals surface area contributed by atoms with E-state index in [4.69, 9.17) is 0 Å². The Labute approximate surface area is 267 Å². The van der Waals surface area contributed by atoms with Crippen molar-refractivity contribution in [1.82, 2.24) is 5.32 Å². The van der Waals surface area contributed by atoms with E-state index in [2.05, 4.69) is 10.6 Å². The average Bonchev–Trinajstić information content (AvgIpc) is 3.07. The molecule has 5 rings (SSSR count). The van der Waals surface area contributed by atoms with Crippen molar-refractivity contribution in [3.8, 4) is 0 Å². The zero-order valence-electron chi connectivity index (χ0n) is 25.0. The van der Waals surface area contributed by atoms with Gasteiger partial charge in [0.05, 0.1) is 5.25 Å². The van der Waals surface area contributed by atoms with Gasteiger partial charge in [0.1, 0.15) is 5.70 Å². The smallest absolute Gasteiger partial charge is 0.272 e. The van der Waals surface area contributed by atoms with Gasteiger partial charge >= 0.3 is 0 Å². The molecule has 0 aliphatic heterocycles. The van der Waals surface area contributed by atoms with Crippen LogP contribution in [0.5, 0.6) is 0 Å². The van der Waals surface area contributed by atoms with Gasteiger partial charge < -0.3 is 10.6 Å². The first-order valence-electron chi connectivity index (χ1n) is 14.5. The van der Waals surface area contributed by atoms with Gasteiger partial charge in [-0.05, 0) is 86.2 Å². The molecule has 0 radical (unpaired) electrons. The number of para-hydroxylation sites is 2. The Hall–Kier alpha value is -5.40. The molecule has 7 heteroatoms. The third-order valence-electron chi connectivity index (χ3n) is 6.90. The number of carbonyl (C=O) groups is 3. The number of nitrogens with zero attached hydrogens (tertiary/aromatic N) is 1. The van der Waals surface area contributed by atoms with Crippen molar-refractivity contribution < 1.29 is 14.4 Å². The summed E-state index contributed by atoms with van der Waals surface area (Å²) in [5.74, 6) is -0.879. The van der Waals surface area contributed by atoms with E-state index in [1.165, 1.54) is 11.8 Å². The molecule has 2 N–H and O–H groups in total. The SMILES string of the molecule is Cc1cccc(/C=C(\NC(=O)c2ccccc2)C(=O)Nc2ccc(SC(C)C(=O)N(c3ccccc3)c3ccccc3)cc2)c1. The molecule has 224 valence electrons. The molecule has 1 atom stereocenters. The van der Waals surface area contributed by atoms with Crippen LogP contribution in [0, 0.1) is 6.92 Å². The van der Waals surface area contributed by atoms with E-state index in [9.17, 15) is 14.4 Å². The number of rotatable bonds is 10. The van der Waals surface area contributed by atoms with Crippen LogP contribution >= 0.6 is 11.8 Å². The third kappa shape index (κ3) is 8.37. The summed E-state index contributed by atoms with van der Waals surface area (Å²) in [7, 11) is 0. The Morgan fingerprint density at radius 2 is 1.29 bits per heavy atom. The van der Waals surface area contributed by atoms with E-state index in [0.717, 1.165) is 27.4 Å². The molecule has 5 aromatic rings. The van der Waals surface area contributed by atoms with Crippen molar-refractivity contribution >= 4 is 52.6 Å². The summed E-state index contributed by atoms with van der Waals surface area (Å²) < 4.78 is 0. The fourth-order valence-electron chi connectivity index (χ4n) is 4.68. The molecule has 0 bridgehead atoms. The van der Waals surface area contributed by atoms with Crippen molar-refractivity contribution in [2.45, 2.75) is 24.0 Å². The van der Waals surface area contributed by atoms with Crippen LogP contribution in [0.15, 0.2) is 150 Å². The van der Waals surface area contributed by atoms with E-state index in [-0.39, 0.29) is 22.8 Å². The maximum atomic E-state index is 13.7. The molecule has 0 heterocycles.